The Morgan fingerprint density at radius 3 is 1.00 bits per heavy atom. The number of alkyl halides is 6. The van der Waals surface area contributed by atoms with Crippen molar-refractivity contribution in [3.05, 3.63) is 152 Å². The normalized spacial score (nSPS) is 11.8. The molecule has 0 aliphatic rings. The third kappa shape index (κ3) is 9.15. The van der Waals surface area contributed by atoms with Crippen molar-refractivity contribution in [2.75, 3.05) is 0 Å². The predicted octanol–water partition coefficient (Wildman–Crippen LogP) is 13.0. The molecule has 0 fully saturated rings. The summed E-state index contributed by atoms with van der Waals surface area (Å²) in [5.41, 5.74) is 9.94. The molecule has 0 N–H and O–H groups in total. The summed E-state index contributed by atoms with van der Waals surface area (Å²) >= 11 is 4.48. The van der Waals surface area contributed by atoms with Crippen molar-refractivity contribution in [2.45, 2.75) is 19.1 Å². The Morgan fingerprint density at radius 1 is 0.388 bits per heavy atom. The molecule has 0 unspecified atom stereocenters. The lowest BCUT2D eigenvalue weighted by molar-refractivity contribution is -0.275. The van der Waals surface area contributed by atoms with Crippen LogP contribution in [-0.2, 0) is 6.42 Å². The number of hydrogen-bond acceptors (Lipinski definition) is 2. The van der Waals surface area contributed by atoms with E-state index in [0.29, 0.717) is 0 Å². The van der Waals surface area contributed by atoms with Crippen LogP contribution in [0.15, 0.2) is 133 Å². The Balaban J connectivity index is 1.09. The highest BCUT2D eigenvalue weighted by molar-refractivity contribution is 14.1. The zero-order valence-corrected chi connectivity index (χ0v) is 29.6. The predicted molar refractivity (Wildman–Crippen MR) is 196 cm³/mol. The number of ether oxygens (including phenoxy) is 2. The Labute approximate surface area is 306 Å². The van der Waals surface area contributed by atoms with E-state index in [0.717, 1.165) is 69.2 Å². The first-order valence-electron chi connectivity index (χ1n) is 14.8. The van der Waals surface area contributed by atoms with Crippen LogP contribution < -0.4 is 9.47 Å². The maximum absolute atomic E-state index is 12.5. The largest absolute Gasteiger partial charge is 0.573 e. The van der Waals surface area contributed by atoms with Crippen molar-refractivity contribution in [1.82, 2.24) is 0 Å². The van der Waals surface area contributed by atoms with Gasteiger partial charge in [-0.3, -0.25) is 0 Å². The molecule has 0 amide bonds. The van der Waals surface area contributed by atoms with Gasteiger partial charge in [-0.15, -0.1) is 26.3 Å². The van der Waals surface area contributed by atoms with Crippen LogP contribution in [0.5, 0.6) is 11.5 Å². The number of halogens is 8. The molecule has 0 radical (unpaired) electrons. The lowest BCUT2D eigenvalue weighted by Crippen LogP contribution is -2.16. The summed E-state index contributed by atoms with van der Waals surface area (Å²) < 4.78 is 84.9. The molecule has 6 rings (SSSR count). The van der Waals surface area contributed by atoms with Gasteiger partial charge < -0.3 is 9.47 Å². The SMILES string of the molecule is FC(F)(F)Oc1ccc(-c2ccc(-c3ccc(Cc4ccc(-c5ccc(-c6ccc(OC(F)(F)F)cc6)c(I)c5)cc4)cc3)cc2I)cc1. The van der Waals surface area contributed by atoms with E-state index in [2.05, 4.69) is 115 Å². The van der Waals surface area contributed by atoms with Crippen LogP contribution in [0, 0.1) is 7.14 Å². The van der Waals surface area contributed by atoms with Gasteiger partial charge in [0.2, 0.25) is 0 Å². The summed E-state index contributed by atoms with van der Waals surface area (Å²) in [4.78, 5) is 0. The average molecular weight is 892 g/mol. The molecule has 0 bridgehead atoms. The zero-order chi connectivity index (χ0) is 34.8. The lowest BCUT2D eigenvalue weighted by Gasteiger charge is -2.12. The van der Waals surface area contributed by atoms with Gasteiger partial charge in [-0.1, -0.05) is 97.1 Å². The van der Waals surface area contributed by atoms with Crippen LogP contribution in [0.3, 0.4) is 0 Å². The monoisotopic (exact) mass is 892 g/mol. The van der Waals surface area contributed by atoms with Crippen molar-refractivity contribution in [1.29, 1.82) is 0 Å². The molecule has 0 spiro atoms. The summed E-state index contributed by atoms with van der Waals surface area (Å²) in [6, 6.07) is 40.5. The lowest BCUT2D eigenvalue weighted by atomic mass is 9.96. The summed E-state index contributed by atoms with van der Waals surface area (Å²) in [6.45, 7) is 0. The van der Waals surface area contributed by atoms with E-state index in [1.807, 2.05) is 24.3 Å². The minimum absolute atomic E-state index is 0.255. The maximum atomic E-state index is 12.5. The van der Waals surface area contributed by atoms with Gasteiger partial charge in [0, 0.05) is 7.14 Å². The highest BCUT2D eigenvalue weighted by Gasteiger charge is 2.31. The minimum atomic E-state index is -4.73. The summed E-state index contributed by atoms with van der Waals surface area (Å²) in [5, 5.41) is 0. The Hall–Kier alpha value is -4.04. The second kappa shape index (κ2) is 14.4. The van der Waals surface area contributed by atoms with E-state index in [9.17, 15) is 26.3 Å². The smallest absolute Gasteiger partial charge is 0.406 e. The molecule has 0 aliphatic heterocycles. The minimum Gasteiger partial charge on any atom is -0.406 e. The van der Waals surface area contributed by atoms with Gasteiger partial charge in [0.15, 0.2) is 0 Å². The van der Waals surface area contributed by atoms with Crippen molar-refractivity contribution in [3.8, 4) is 56.0 Å². The topological polar surface area (TPSA) is 18.5 Å². The Kier molecular flexibility index (Phi) is 10.3. The molecule has 248 valence electrons. The zero-order valence-electron chi connectivity index (χ0n) is 25.2. The Morgan fingerprint density at radius 2 is 0.694 bits per heavy atom. The molecule has 0 saturated carbocycles. The summed E-state index contributed by atoms with van der Waals surface area (Å²) in [5.74, 6) is -0.510. The molecule has 6 aromatic rings. The first-order valence-corrected chi connectivity index (χ1v) is 17.0. The van der Waals surface area contributed by atoms with E-state index in [-0.39, 0.29) is 11.5 Å². The van der Waals surface area contributed by atoms with Crippen LogP contribution in [-0.4, -0.2) is 12.7 Å². The molecule has 0 atom stereocenters. The number of benzene rings is 6. The number of rotatable bonds is 8. The second-order valence-electron chi connectivity index (χ2n) is 11.1. The van der Waals surface area contributed by atoms with Gasteiger partial charge in [-0.05, 0) is 144 Å². The molecule has 0 aromatic heterocycles. The standard InChI is InChI=1S/C39H24F6I2O2/c40-38(41,42)48-32-15-9-28(10-16-32)34-19-13-30(22-36(34)46)26-5-1-24(2-6-26)21-25-3-7-27(8-4-25)31-14-20-35(37(47)23-31)29-11-17-33(18-12-29)49-39(43,44)45/h1-20,22-23H,21H2. The van der Waals surface area contributed by atoms with Crippen molar-refractivity contribution in [3.63, 3.8) is 0 Å². The van der Waals surface area contributed by atoms with E-state index in [4.69, 9.17) is 0 Å². The highest BCUT2D eigenvalue weighted by Crippen LogP contribution is 2.34. The average Bonchev–Trinajstić information content (AvgIpc) is 3.05. The third-order valence-corrected chi connectivity index (χ3v) is 9.50. The van der Waals surface area contributed by atoms with Crippen molar-refractivity contribution >= 4 is 45.2 Å². The summed E-state index contributed by atoms with van der Waals surface area (Å²) in [7, 11) is 0. The fourth-order valence-electron chi connectivity index (χ4n) is 5.40. The summed E-state index contributed by atoms with van der Waals surface area (Å²) in [6.07, 6.45) is -8.69. The van der Waals surface area contributed by atoms with Crippen LogP contribution in [0.4, 0.5) is 26.3 Å². The molecule has 49 heavy (non-hydrogen) atoms. The van der Waals surface area contributed by atoms with Crippen molar-refractivity contribution in [2.24, 2.45) is 0 Å². The first-order chi connectivity index (χ1) is 23.3. The molecule has 10 heteroatoms. The van der Waals surface area contributed by atoms with Crippen LogP contribution in [0.2, 0.25) is 0 Å². The van der Waals surface area contributed by atoms with E-state index in [1.165, 1.54) is 24.3 Å². The Bertz CT molecular complexity index is 1910. The van der Waals surface area contributed by atoms with Gasteiger partial charge >= 0.3 is 12.7 Å². The van der Waals surface area contributed by atoms with Gasteiger partial charge in [0.1, 0.15) is 11.5 Å². The van der Waals surface area contributed by atoms with Crippen molar-refractivity contribution < 1.29 is 35.8 Å². The molecule has 2 nitrogen and oxygen atoms in total. The van der Waals surface area contributed by atoms with Gasteiger partial charge in [-0.2, -0.15) is 0 Å². The number of hydrogen-bond donors (Lipinski definition) is 0. The van der Waals surface area contributed by atoms with E-state index >= 15 is 0 Å². The van der Waals surface area contributed by atoms with Crippen LogP contribution >= 0.6 is 45.2 Å². The third-order valence-electron chi connectivity index (χ3n) is 7.72. The van der Waals surface area contributed by atoms with Crippen LogP contribution in [0.25, 0.3) is 44.5 Å². The molecular formula is C39H24F6I2O2. The molecule has 0 saturated heterocycles. The highest BCUT2D eigenvalue weighted by atomic mass is 127. The molecular weight excluding hydrogens is 868 g/mol. The van der Waals surface area contributed by atoms with Gasteiger partial charge in [0.05, 0.1) is 0 Å². The molecule has 6 aromatic carbocycles. The first kappa shape index (κ1) is 34.8. The second-order valence-corrected chi connectivity index (χ2v) is 13.4. The molecule has 0 aliphatic carbocycles. The fourth-order valence-corrected chi connectivity index (χ4v) is 7.05. The molecule has 0 heterocycles. The van der Waals surface area contributed by atoms with E-state index in [1.54, 1.807) is 24.3 Å². The maximum Gasteiger partial charge on any atom is 0.573 e. The van der Waals surface area contributed by atoms with E-state index < -0.39 is 12.7 Å². The van der Waals surface area contributed by atoms with Gasteiger partial charge in [-0.25, -0.2) is 0 Å². The van der Waals surface area contributed by atoms with Crippen LogP contribution in [0.1, 0.15) is 11.1 Å². The quantitative estimate of drug-likeness (QED) is 0.112. The van der Waals surface area contributed by atoms with Gasteiger partial charge in [0.25, 0.3) is 0 Å². The fraction of sp³-hybridized carbons (Fsp3) is 0.0769.